The van der Waals surface area contributed by atoms with Gasteiger partial charge in [0.05, 0.1) is 5.38 Å². The first-order chi connectivity index (χ1) is 6.85. The molecule has 1 nitrogen and oxygen atoms in total. The third-order valence-electron chi connectivity index (χ3n) is 2.70. The molecular weight excluding hydrogens is 215 g/mol. The van der Waals surface area contributed by atoms with Gasteiger partial charge in [-0.05, 0) is 24.6 Å². The first kappa shape index (κ1) is 12.2. The largest absolute Gasteiger partial charge is 0.299 e. The van der Waals surface area contributed by atoms with Gasteiger partial charge in [0.1, 0.15) is 11.6 Å². The zero-order valence-electron chi connectivity index (χ0n) is 9.05. The van der Waals surface area contributed by atoms with Crippen LogP contribution in [0.25, 0.3) is 0 Å². The standard InChI is InChI=1S/C12H14ClFO/c1-8(15)12(2,3)11(13)9-4-6-10(14)7-5-9/h4-7,11H,1-3H3. The molecule has 0 aliphatic carbocycles. The fourth-order valence-electron chi connectivity index (χ4n) is 1.23. The summed E-state index contributed by atoms with van der Waals surface area (Å²) in [5, 5.41) is -0.435. The molecule has 0 saturated carbocycles. The Kier molecular flexibility index (Phi) is 3.50. The molecular formula is C12H14ClFO. The van der Waals surface area contributed by atoms with Crippen molar-refractivity contribution in [2.75, 3.05) is 0 Å². The zero-order chi connectivity index (χ0) is 11.6. The van der Waals surface area contributed by atoms with Gasteiger partial charge in [-0.25, -0.2) is 4.39 Å². The molecule has 0 amide bonds. The number of halogens is 2. The maximum absolute atomic E-state index is 12.7. The first-order valence-electron chi connectivity index (χ1n) is 4.76. The topological polar surface area (TPSA) is 17.1 Å². The van der Waals surface area contributed by atoms with E-state index in [4.69, 9.17) is 11.6 Å². The van der Waals surface area contributed by atoms with Crippen LogP contribution < -0.4 is 0 Å². The Balaban J connectivity index is 2.99. The summed E-state index contributed by atoms with van der Waals surface area (Å²) in [6, 6.07) is 5.91. The van der Waals surface area contributed by atoms with E-state index < -0.39 is 10.8 Å². The minimum Gasteiger partial charge on any atom is -0.299 e. The number of carbonyl (C=O) groups is 1. The van der Waals surface area contributed by atoms with Crippen molar-refractivity contribution in [1.82, 2.24) is 0 Å². The lowest BCUT2D eigenvalue weighted by molar-refractivity contribution is -0.125. The van der Waals surface area contributed by atoms with Gasteiger partial charge in [0.25, 0.3) is 0 Å². The number of benzene rings is 1. The third kappa shape index (κ3) is 2.57. The lowest BCUT2D eigenvalue weighted by Crippen LogP contribution is -2.26. The number of rotatable bonds is 3. The van der Waals surface area contributed by atoms with Gasteiger partial charge in [-0.2, -0.15) is 0 Å². The maximum Gasteiger partial charge on any atom is 0.137 e. The highest BCUT2D eigenvalue weighted by atomic mass is 35.5. The second kappa shape index (κ2) is 4.31. The summed E-state index contributed by atoms with van der Waals surface area (Å²) in [5.74, 6) is -0.282. The van der Waals surface area contributed by atoms with E-state index in [1.54, 1.807) is 26.0 Å². The SMILES string of the molecule is CC(=O)C(C)(C)C(Cl)c1ccc(F)cc1. The van der Waals surface area contributed by atoms with Crippen molar-refractivity contribution in [3.05, 3.63) is 35.6 Å². The number of hydrogen-bond acceptors (Lipinski definition) is 1. The summed E-state index contributed by atoms with van der Waals surface area (Å²) in [6.45, 7) is 5.09. The van der Waals surface area contributed by atoms with E-state index in [-0.39, 0.29) is 11.6 Å². The number of hydrogen-bond donors (Lipinski definition) is 0. The van der Waals surface area contributed by atoms with E-state index in [0.29, 0.717) is 0 Å². The van der Waals surface area contributed by atoms with Crippen molar-refractivity contribution in [3.63, 3.8) is 0 Å². The summed E-state index contributed by atoms with van der Waals surface area (Å²) in [6.07, 6.45) is 0. The monoisotopic (exact) mass is 228 g/mol. The van der Waals surface area contributed by atoms with Gasteiger partial charge in [-0.3, -0.25) is 4.79 Å². The van der Waals surface area contributed by atoms with E-state index in [1.807, 2.05) is 0 Å². The Labute approximate surface area is 94.3 Å². The van der Waals surface area contributed by atoms with E-state index in [0.717, 1.165) is 5.56 Å². The first-order valence-corrected chi connectivity index (χ1v) is 5.20. The predicted molar refractivity (Wildman–Crippen MR) is 59.5 cm³/mol. The molecule has 1 rings (SSSR count). The van der Waals surface area contributed by atoms with Gasteiger partial charge in [0, 0.05) is 5.41 Å². The van der Waals surface area contributed by atoms with Gasteiger partial charge in [0.15, 0.2) is 0 Å². The number of ketones is 1. The van der Waals surface area contributed by atoms with Gasteiger partial charge in [-0.1, -0.05) is 26.0 Å². The van der Waals surface area contributed by atoms with Gasteiger partial charge in [0.2, 0.25) is 0 Å². The van der Waals surface area contributed by atoms with Gasteiger partial charge in [-0.15, -0.1) is 11.6 Å². The minimum atomic E-state index is -0.639. The highest BCUT2D eigenvalue weighted by Crippen LogP contribution is 2.39. The molecule has 1 aromatic rings. The van der Waals surface area contributed by atoms with Crippen molar-refractivity contribution in [1.29, 1.82) is 0 Å². The highest BCUT2D eigenvalue weighted by Gasteiger charge is 2.33. The van der Waals surface area contributed by atoms with E-state index in [9.17, 15) is 9.18 Å². The number of Topliss-reactive ketones (excluding diaryl/α,β-unsaturated/α-hetero) is 1. The van der Waals surface area contributed by atoms with Crippen LogP contribution in [0.15, 0.2) is 24.3 Å². The van der Waals surface area contributed by atoms with Crippen LogP contribution in [0, 0.1) is 11.2 Å². The van der Waals surface area contributed by atoms with Crippen molar-refractivity contribution in [3.8, 4) is 0 Å². The summed E-state index contributed by atoms with van der Waals surface area (Å²) >= 11 is 6.20. The molecule has 0 fully saturated rings. The molecule has 1 atom stereocenters. The molecule has 0 aliphatic heterocycles. The Morgan fingerprint density at radius 1 is 1.33 bits per heavy atom. The van der Waals surface area contributed by atoms with E-state index >= 15 is 0 Å². The molecule has 0 N–H and O–H groups in total. The van der Waals surface area contributed by atoms with Crippen LogP contribution >= 0.6 is 11.6 Å². The molecule has 0 aromatic heterocycles. The van der Waals surface area contributed by atoms with Crippen molar-refractivity contribution in [2.45, 2.75) is 26.1 Å². The van der Waals surface area contributed by atoms with Crippen molar-refractivity contribution < 1.29 is 9.18 Å². The molecule has 0 heterocycles. The molecule has 82 valence electrons. The molecule has 0 spiro atoms. The fourth-order valence-corrected chi connectivity index (χ4v) is 1.53. The van der Waals surface area contributed by atoms with Crippen LogP contribution in [0.3, 0.4) is 0 Å². The van der Waals surface area contributed by atoms with Crippen LogP contribution in [-0.4, -0.2) is 5.78 Å². The molecule has 1 unspecified atom stereocenters. The summed E-state index contributed by atoms with van der Waals surface area (Å²) in [7, 11) is 0. The average molecular weight is 229 g/mol. The lowest BCUT2D eigenvalue weighted by Gasteiger charge is -2.27. The van der Waals surface area contributed by atoms with Crippen LogP contribution in [0.1, 0.15) is 31.7 Å². The Morgan fingerprint density at radius 3 is 2.20 bits per heavy atom. The predicted octanol–water partition coefficient (Wildman–Crippen LogP) is 3.72. The molecule has 0 aliphatic rings. The molecule has 0 bridgehead atoms. The zero-order valence-corrected chi connectivity index (χ0v) is 9.81. The van der Waals surface area contributed by atoms with E-state index in [1.165, 1.54) is 19.1 Å². The van der Waals surface area contributed by atoms with Crippen LogP contribution in [0.5, 0.6) is 0 Å². The average Bonchev–Trinajstić information content (AvgIpc) is 2.17. The van der Waals surface area contributed by atoms with Crippen molar-refractivity contribution in [2.24, 2.45) is 5.41 Å². The van der Waals surface area contributed by atoms with Gasteiger partial charge < -0.3 is 0 Å². The normalized spacial score (nSPS) is 13.7. The quantitative estimate of drug-likeness (QED) is 0.721. The Hall–Kier alpha value is -0.890. The fraction of sp³-hybridized carbons (Fsp3) is 0.417. The van der Waals surface area contributed by atoms with Crippen LogP contribution in [0.4, 0.5) is 4.39 Å². The minimum absolute atomic E-state index is 0.0202. The Morgan fingerprint density at radius 2 is 1.80 bits per heavy atom. The summed E-state index contributed by atoms with van der Waals surface area (Å²) < 4.78 is 12.7. The highest BCUT2D eigenvalue weighted by molar-refractivity contribution is 6.22. The van der Waals surface area contributed by atoms with Crippen LogP contribution in [0.2, 0.25) is 0 Å². The second-order valence-electron chi connectivity index (χ2n) is 4.19. The maximum atomic E-state index is 12.7. The number of alkyl halides is 1. The van der Waals surface area contributed by atoms with Crippen LogP contribution in [-0.2, 0) is 4.79 Å². The summed E-state index contributed by atoms with van der Waals surface area (Å²) in [5.41, 5.74) is 0.123. The third-order valence-corrected chi connectivity index (χ3v) is 3.50. The number of carbonyl (C=O) groups excluding carboxylic acids is 1. The second-order valence-corrected chi connectivity index (χ2v) is 4.63. The van der Waals surface area contributed by atoms with E-state index in [2.05, 4.69) is 0 Å². The molecule has 1 aromatic carbocycles. The van der Waals surface area contributed by atoms with Gasteiger partial charge >= 0.3 is 0 Å². The Bertz CT molecular complexity index is 356. The molecule has 0 saturated heterocycles. The summed E-state index contributed by atoms with van der Waals surface area (Å²) in [4.78, 5) is 11.4. The molecule has 0 radical (unpaired) electrons. The molecule has 15 heavy (non-hydrogen) atoms. The lowest BCUT2D eigenvalue weighted by atomic mass is 9.82. The smallest absolute Gasteiger partial charge is 0.137 e. The van der Waals surface area contributed by atoms with Crippen molar-refractivity contribution >= 4 is 17.4 Å². The molecule has 3 heteroatoms.